The van der Waals surface area contributed by atoms with Crippen LogP contribution in [0.2, 0.25) is 0 Å². The Morgan fingerprint density at radius 2 is 1.15 bits per heavy atom. The molecule has 0 aliphatic carbocycles. The molecule has 0 saturated carbocycles. The summed E-state index contributed by atoms with van der Waals surface area (Å²) in [5.74, 6) is 2.72. The number of benzene rings is 2. The van der Waals surface area contributed by atoms with Crippen molar-refractivity contribution in [1.29, 1.82) is 0 Å². The molecule has 8 nitrogen and oxygen atoms in total. The van der Waals surface area contributed by atoms with Crippen molar-refractivity contribution >= 4 is 12.6 Å². The summed E-state index contributed by atoms with van der Waals surface area (Å²) in [6.45, 7) is 15.1. The van der Waals surface area contributed by atoms with E-state index in [2.05, 4.69) is 110 Å². The topological polar surface area (TPSA) is 98.0 Å². The molecule has 4 atom stereocenters. The molecular weight excluding hydrogens is 596 g/mol. The van der Waals surface area contributed by atoms with Crippen LogP contribution in [-0.4, -0.2) is 67.5 Å². The molecule has 2 aromatic heterocycles. The smallest absolute Gasteiger partial charge is 0.200 e. The fourth-order valence-electron chi connectivity index (χ4n) is 8.15. The fraction of sp³-hybridized carbons (Fsp3) is 0.500. The van der Waals surface area contributed by atoms with Gasteiger partial charge in [-0.2, -0.15) is 0 Å². The first kappa shape index (κ1) is 34.0. The molecular formula is C40H50N6O2. The minimum Gasteiger partial charge on any atom is -0.341 e. The molecule has 6 rings (SSSR count). The van der Waals surface area contributed by atoms with Gasteiger partial charge in [0.05, 0.1) is 35.9 Å². The molecule has 2 N–H and O–H groups in total. The number of aromatic nitrogens is 4. The molecule has 2 radical (unpaired) electrons. The number of H-pyrrole nitrogens is 2. The van der Waals surface area contributed by atoms with E-state index in [0.29, 0.717) is 24.7 Å². The highest BCUT2D eigenvalue weighted by Gasteiger charge is 2.36. The van der Waals surface area contributed by atoms with Crippen molar-refractivity contribution in [3.05, 3.63) is 71.6 Å². The van der Waals surface area contributed by atoms with Crippen LogP contribution in [0.1, 0.15) is 101 Å². The normalized spacial score (nSPS) is 20.2. The minimum absolute atomic E-state index is 0.182. The molecule has 2 aliphatic heterocycles. The van der Waals surface area contributed by atoms with Crippen LogP contribution in [0.15, 0.2) is 48.8 Å². The summed E-state index contributed by atoms with van der Waals surface area (Å²) in [6, 6.07) is 13.9. The van der Waals surface area contributed by atoms with Gasteiger partial charge < -0.3 is 9.97 Å². The van der Waals surface area contributed by atoms with Crippen molar-refractivity contribution in [3.8, 4) is 33.6 Å². The number of rotatable bonds is 13. The average molecular weight is 647 g/mol. The van der Waals surface area contributed by atoms with Gasteiger partial charge in [-0.15, -0.1) is 0 Å². The quantitative estimate of drug-likeness (QED) is 0.152. The Bertz CT molecular complexity index is 1700. The predicted octanol–water partition coefficient (Wildman–Crippen LogP) is 8.07. The molecule has 0 bridgehead atoms. The van der Waals surface area contributed by atoms with E-state index < -0.39 is 0 Å². The van der Waals surface area contributed by atoms with E-state index >= 15 is 0 Å². The zero-order valence-electron chi connectivity index (χ0n) is 29.3. The second-order valence-corrected chi connectivity index (χ2v) is 14.5. The maximum Gasteiger partial charge on any atom is 0.200 e. The Morgan fingerprint density at radius 1 is 0.688 bits per heavy atom. The Kier molecular flexibility index (Phi) is 10.4. The molecule has 2 aliphatic rings. The van der Waals surface area contributed by atoms with E-state index in [9.17, 15) is 9.59 Å². The summed E-state index contributed by atoms with van der Waals surface area (Å²) in [5.41, 5.74) is 9.18. The molecule has 4 heterocycles. The molecule has 8 heteroatoms. The van der Waals surface area contributed by atoms with Gasteiger partial charge in [0.25, 0.3) is 0 Å². The molecule has 0 amide bonds. The zero-order chi connectivity index (χ0) is 33.9. The lowest BCUT2D eigenvalue weighted by atomic mass is 9.92. The summed E-state index contributed by atoms with van der Waals surface area (Å²) in [7, 11) is 0. The van der Waals surface area contributed by atoms with Crippen LogP contribution in [-0.2, 0) is 9.59 Å². The summed E-state index contributed by atoms with van der Waals surface area (Å²) in [6.07, 6.45) is 13.4. The van der Waals surface area contributed by atoms with Gasteiger partial charge in [-0.25, -0.2) is 9.97 Å². The van der Waals surface area contributed by atoms with Gasteiger partial charge >= 0.3 is 0 Å². The van der Waals surface area contributed by atoms with Crippen molar-refractivity contribution in [3.63, 3.8) is 0 Å². The maximum absolute atomic E-state index is 11.3. The molecule has 0 unspecified atom stereocenters. The lowest BCUT2D eigenvalue weighted by molar-refractivity contribution is 0.140. The third-order valence-corrected chi connectivity index (χ3v) is 11.0. The molecule has 2 aromatic carbocycles. The summed E-state index contributed by atoms with van der Waals surface area (Å²) < 4.78 is 0. The lowest BCUT2D eigenvalue weighted by Gasteiger charge is -2.33. The molecule has 0 spiro atoms. The minimum atomic E-state index is 0.182. The van der Waals surface area contributed by atoms with Gasteiger partial charge in [-0.05, 0) is 92.3 Å². The Labute approximate surface area is 285 Å². The van der Waals surface area contributed by atoms with Crippen molar-refractivity contribution in [2.75, 3.05) is 13.1 Å². The number of nitrogens with zero attached hydrogens (tertiary/aromatic N) is 4. The Balaban J connectivity index is 1.18. The van der Waals surface area contributed by atoms with E-state index in [1.54, 1.807) is 0 Å². The van der Waals surface area contributed by atoms with E-state index in [0.717, 1.165) is 72.9 Å². The van der Waals surface area contributed by atoms with E-state index in [-0.39, 0.29) is 24.2 Å². The molecule has 48 heavy (non-hydrogen) atoms. The zero-order valence-corrected chi connectivity index (χ0v) is 29.3. The van der Waals surface area contributed by atoms with Crippen LogP contribution in [0.5, 0.6) is 0 Å². The number of hydrogen-bond acceptors (Lipinski definition) is 6. The first-order valence-corrected chi connectivity index (χ1v) is 17.7. The van der Waals surface area contributed by atoms with Crippen LogP contribution in [0.4, 0.5) is 0 Å². The number of carbonyl (C=O) groups excluding carboxylic acids is 2. The van der Waals surface area contributed by atoms with Gasteiger partial charge in [-0.3, -0.25) is 19.4 Å². The Morgan fingerprint density at radius 3 is 1.67 bits per heavy atom. The highest BCUT2D eigenvalue weighted by molar-refractivity contribution is 5.77. The summed E-state index contributed by atoms with van der Waals surface area (Å²) in [4.78, 5) is 44.4. The van der Waals surface area contributed by atoms with Crippen molar-refractivity contribution in [2.45, 2.75) is 104 Å². The standard InChI is InChI=1S/C40H50N6O2/c1-25(2)35(17-21-47)45-19-7-9-37(45)39-41-23-33(43-39)30-13-11-29(12-14-30)31-15-16-32(28(6)27(31)5)34-24-42-40(44-34)38-10-8-20-46(38)36(18-22-48)26(3)4/h11-16,23-26,35-38H,7-10,17-20H2,1-6H3,(H,41,43)(H,42,44)/t35-,36-,37+,38+/m1/s1. The number of likely N-dealkylation sites (tertiary alicyclic amines) is 2. The number of hydrogen-bond donors (Lipinski definition) is 2. The average Bonchev–Trinajstić information content (AvgIpc) is 3.90. The largest absolute Gasteiger partial charge is 0.341 e. The fourth-order valence-corrected chi connectivity index (χ4v) is 8.15. The SMILES string of the molecule is Cc1c(-c2ccc(-c3cnc([C@@H]4CCCN4[C@H](C[C]=O)C(C)C)[nH]3)cc2)ccc(-c2cnc([C@@H]3CCCN3[C@H](C[C]=O)C(C)C)[nH]2)c1C. The molecule has 2 fully saturated rings. The van der Waals surface area contributed by atoms with Gasteiger partial charge in [0, 0.05) is 30.5 Å². The lowest BCUT2D eigenvalue weighted by Crippen LogP contribution is -2.39. The van der Waals surface area contributed by atoms with Crippen LogP contribution in [0.3, 0.4) is 0 Å². The molecule has 4 aromatic rings. The third-order valence-electron chi connectivity index (χ3n) is 11.0. The second kappa shape index (κ2) is 14.7. The van der Waals surface area contributed by atoms with E-state index in [1.165, 1.54) is 22.3 Å². The van der Waals surface area contributed by atoms with Gasteiger partial charge in [0.2, 0.25) is 0 Å². The van der Waals surface area contributed by atoms with Crippen LogP contribution in [0.25, 0.3) is 33.6 Å². The summed E-state index contributed by atoms with van der Waals surface area (Å²) in [5, 5.41) is 0. The van der Waals surface area contributed by atoms with E-state index in [1.807, 2.05) is 12.4 Å². The monoisotopic (exact) mass is 646 g/mol. The number of imidazole rings is 2. The molecule has 252 valence electrons. The van der Waals surface area contributed by atoms with Crippen LogP contribution in [0, 0.1) is 25.7 Å². The second-order valence-electron chi connectivity index (χ2n) is 14.5. The molecule has 2 saturated heterocycles. The maximum atomic E-state index is 11.3. The summed E-state index contributed by atoms with van der Waals surface area (Å²) >= 11 is 0. The van der Waals surface area contributed by atoms with Gasteiger partial charge in [0.1, 0.15) is 11.6 Å². The highest BCUT2D eigenvalue weighted by atomic mass is 16.1. The first-order valence-electron chi connectivity index (χ1n) is 17.7. The van der Waals surface area contributed by atoms with Crippen molar-refractivity contribution < 1.29 is 9.59 Å². The van der Waals surface area contributed by atoms with Crippen LogP contribution < -0.4 is 0 Å². The first-order chi connectivity index (χ1) is 23.2. The van der Waals surface area contributed by atoms with Crippen molar-refractivity contribution in [2.24, 2.45) is 11.8 Å². The van der Waals surface area contributed by atoms with Gasteiger partial charge in [-0.1, -0.05) is 64.1 Å². The highest BCUT2D eigenvalue weighted by Crippen LogP contribution is 2.39. The predicted molar refractivity (Wildman–Crippen MR) is 192 cm³/mol. The number of aromatic amines is 2. The van der Waals surface area contributed by atoms with Crippen molar-refractivity contribution in [1.82, 2.24) is 29.7 Å². The number of nitrogens with one attached hydrogen (secondary N) is 2. The van der Waals surface area contributed by atoms with E-state index in [4.69, 9.17) is 9.97 Å². The Hall–Kier alpha value is -3.88. The third kappa shape index (κ3) is 6.70. The van der Waals surface area contributed by atoms with Gasteiger partial charge in [0.15, 0.2) is 12.6 Å². The van der Waals surface area contributed by atoms with Crippen LogP contribution >= 0.6 is 0 Å².